The third kappa shape index (κ3) is 2.86. The molecule has 0 aromatic heterocycles. The van der Waals surface area contributed by atoms with E-state index in [1.165, 1.54) is 12.5 Å². The molecule has 3 rings (SSSR count). The molecule has 1 aliphatic carbocycles. The fourth-order valence-electron chi connectivity index (χ4n) is 3.89. The Morgan fingerprint density at radius 3 is 2.90 bits per heavy atom. The molecule has 1 aliphatic heterocycles. The van der Waals surface area contributed by atoms with Gasteiger partial charge >= 0.3 is 5.97 Å². The second-order valence-corrected chi connectivity index (χ2v) is 6.88. The first-order valence-corrected chi connectivity index (χ1v) is 8.28. The van der Waals surface area contributed by atoms with Crippen LogP contribution in [0.25, 0.3) is 0 Å². The molecule has 1 N–H and O–H groups in total. The molecule has 2 fully saturated rings. The number of fused-ring (bicyclic) bond motifs is 1. The maximum absolute atomic E-state index is 13.7. The molecule has 0 amide bonds. The molecule has 114 valence electrons. The monoisotopic (exact) mass is 355 g/mol. The largest absolute Gasteiger partial charge is 0.480 e. The summed E-state index contributed by atoms with van der Waals surface area (Å²) in [4.78, 5) is 13.6. The molecule has 1 saturated carbocycles. The maximum Gasteiger partial charge on any atom is 0.320 e. The zero-order valence-electron chi connectivity index (χ0n) is 11.8. The molecule has 1 saturated heterocycles. The van der Waals surface area contributed by atoms with E-state index in [9.17, 15) is 14.3 Å². The highest BCUT2D eigenvalue weighted by molar-refractivity contribution is 9.10. The molecular weight excluding hydrogens is 337 g/mol. The van der Waals surface area contributed by atoms with Gasteiger partial charge < -0.3 is 5.11 Å². The molecule has 2 aliphatic rings. The van der Waals surface area contributed by atoms with Crippen LogP contribution in [0.4, 0.5) is 4.39 Å². The first-order chi connectivity index (χ1) is 10.1. The van der Waals surface area contributed by atoms with Crippen LogP contribution in [0.3, 0.4) is 0 Å². The van der Waals surface area contributed by atoms with Gasteiger partial charge in [0, 0.05) is 12.6 Å². The minimum atomic E-state index is -0.753. The van der Waals surface area contributed by atoms with E-state index >= 15 is 0 Å². The molecule has 0 bridgehead atoms. The number of nitrogens with zero attached hydrogens (tertiary/aromatic N) is 1. The Kier molecular flexibility index (Phi) is 4.31. The van der Waals surface area contributed by atoms with Crippen molar-refractivity contribution in [2.75, 3.05) is 0 Å². The molecule has 0 spiro atoms. The van der Waals surface area contributed by atoms with Crippen LogP contribution in [0.1, 0.15) is 37.7 Å². The molecule has 3 nitrogen and oxygen atoms in total. The van der Waals surface area contributed by atoms with Gasteiger partial charge in [-0.15, -0.1) is 0 Å². The highest BCUT2D eigenvalue weighted by Gasteiger charge is 2.45. The van der Waals surface area contributed by atoms with Crippen molar-refractivity contribution in [1.29, 1.82) is 0 Å². The van der Waals surface area contributed by atoms with Gasteiger partial charge in [-0.2, -0.15) is 0 Å². The summed E-state index contributed by atoms with van der Waals surface area (Å²) in [6.07, 6.45) is 5.27. The number of aliphatic carboxylic acids is 1. The lowest BCUT2D eigenvalue weighted by atomic mass is 9.84. The van der Waals surface area contributed by atoms with E-state index in [1.807, 2.05) is 6.07 Å². The zero-order chi connectivity index (χ0) is 15.0. The Bertz CT molecular complexity index is 551. The Labute approximate surface area is 132 Å². The number of halogens is 2. The van der Waals surface area contributed by atoms with E-state index in [0.29, 0.717) is 23.0 Å². The summed E-state index contributed by atoms with van der Waals surface area (Å²) < 4.78 is 14.1. The number of hydrogen-bond acceptors (Lipinski definition) is 2. The van der Waals surface area contributed by atoms with E-state index < -0.39 is 12.0 Å². The van der Waals surface area contributed by atoms with Crippen LogP contribution in [-0.4, -0.2) is 28.1 Å². The lowest BCUT2D eigenvalue weighted by Crippen LogP contribution is -2.41. The van der Waals surface area contributed by atoms with Crippen LogP contribution in [0.2, 0.25) is 0 Å². The van der Waals surface area contributed by atoms with Gasteiger partial charge in [0.05, 0.1) is 4.47 Å². The minimum Gasteiger partial charge on any atom is -0.480 e. The normalized spacial score (nSPS) is 29.3. The van der Waals surface area contributed by atoms with E-state index in [2.05, 4.69) is 20.8 Å². The van der Waals surface area contributed by atoms with Gasteiger partial charge in [-0.1, -0.05) is 25.0 Å². The summed E-state index contributed by atoms with van der Waals surface area (Å²) in [5, 5.41) is 9.51. The molecular formula is C16H19BrFNO2. The molecule has 0 radical (unpaired) electrons. The van der Waals surface area contributed by atoms with Gasteiger partial charge in [-0.3, -0.25) is 9.69 Å². The topological polar surface area (TPSA) is 40.5 Å². The maximum atomic E-state index is 13.7. The minimum absolute atomic E-state index is 0.293. The fourth-order valence-corrected chi connectivity index (χ4v) is 4.28. The van der Waals surface area contributed by atoms with E-state index in [1.54, 1.807) is 6.07 Å². The first kappa shape index (κ1) is 15.0. The van der Waals surface area contributed by atoms with Crippen LogP contribution in [-0.2, 0) is 11.3 Å². The van der Waals surface area contributed by atoms with Crippen LogP contribution >= 0.6 is 15.9 Å². The van der Waals surface area contributed by atoms with Crippen LogP contribution in [0, 0.1) is 11.7 Å². The average Bonchev–Trinajstić information content (AvgIpc) is 2.83. The van der Waals surface area contributed by atoms with Crippen molar-refractivity contribution in [1.82, 2.24) is 4.90 Å². The Morgan fingerprint density at radius 2 is 2.14 bits per heavy atom. The molecule has 5 heteroatoms. The Hall–Kier alpha value is -0.940. The van der Waals surface area contributed by atoms with Gasteiger partial charge in [-0.05, 0) is 52.7 Å². The van der Waals surface area contributed by atoms with Gasteiger partial charge in [0.15, 0.2) is 0 Å². The summed E-state index contributed by atoms with van der Waals surface area (Å²) >= 11 is 3.28. The fraction of sp³-hybridized carbons (Fsp3) is 0.562. The SMILES string of the molecule is O=C(O)C1CC2CCCCC2N1Cc1cccc(F)c1Br. The van der Waals surface area contributed by atoms with Gasteiger partial charge in [0.1, 0.15) is 11.9 Å². The molecule has 21 heavy (non-hydrogen) atoms. The predicted molar refractivity (Wildman–Crippen MR) is 81.4 cm³/mol. The summed E-state index contributed by atoms with van der Waals surface area (Å²) in [5.74, 6) is -0.567. The quantitative estimate of drug-likeness (QED) is 0.896. The lowest BCUT2D eigenvalue weighted by molar-refractivity contribution is -0.142. The number of hydrogen-bond donors (Lipinski definition) is 1. The molecule has 1 heterocycles. The molecule has 1 aromatic rings. The predicted octanol–water partition coefficient (Wildman–Crippen LogP) is 3.81. The van der Waals surface area contributed by atoms with Gasteiger partial charge in [0.25, 0.3) is 0 Å². The third-order valence-electron chi connectivity index (χ3n) is 4.89. The second-order valence-electron chi connectivity index (χ2n) is 6.09. The Balaban J connectivity index is 1.86. The molecule has 1 aromatic carbocycles. The molecule has 3 atom stereocenters. The highest BCUT2D eigenvalue weighted by Crippen LogP contribution is 2.41. The number of rotatable bonds is 3. The summed E-state index contributed by atoms with van der Waals surface area (Å²) in [6.45, 7) is 0.497. The highest BCUT2D eigenvalue weighted by atomic mass is 79.9. The molecule has 3 unspecified atom stereocenters. The van der Waals surface area contributed by atoms with Crippen molar-refractivity contribution in [3.8, 4) is 0 Å². The smallest absolute Gasteiger partial charge is 0.320 e. The van der Waals surface area contributed by atoms with E-state index in [0.717, 1.165) is 31.2 Å². The van der Waals surface area contributed by atoms with E-state index in [4.69, 9.17) is 0 Å². The first-order valence-electron chi connectivity index (χ1n) is 7.49. The third-order valence-corrected chi connectivity index (χ3v) is 5.78. The van der Waals surface area contributed by atoms with Gasteiger partial charge in [0.2, 0.25) is 0 Å². The Morgan fingerprint density at radius 1 is 1.38 bits per heavy atom. The zero-order valence-corrected chi connectivity index (χ0v) is 13.4. The standard InChI is InChI=1S/C16H19BrFNO2/c17-15-11(5-3-6-12(15)18)9-19-13-7-2-1-4-10(13)8-14(19)16(20)21/h3,5-6,10,13-14H,1-2,4,7-9H2,(H,20,21). The number of benzene rings is 1. The number of carboxylic acid groups (broad SMARTS) is 1. The summed E-state index contributed by atoms with van der Waals surface area (Å²) in [5.41, 5.74) is 0.826. The van der Waals surface area contributed by atoms with Crippen LogP contribution in [0.15, 0.2) is 22.7 Å². The van der Waals surface area contributed by atoms with Crippen molar-refractivity contribution >= 4 is 21.9 Å². The van der Waals surface area contributed by atoms with Crippen LogP contribution < -0.4 is 0 Å². The average molecular weight is 356 g/mol. The number of carbonyl (C=O) groups is 1. The van der Waals surface area contributed by atoms with Gasteiger partial charge in [-0.25, -0.2) is 4.39 Å². The van der Waals surface area contributed by atoms with Crippen molar-refractivity contribution in [3.63, 3.8) is 0 Å². The van der Waals surface area contributed by atoms with Crippen molar-refractivity contribution in [3.05, 3.63) is 34.1 Å². The summed E-state index contributed by atoms with van der Waals surface area (Å²) in [7, 11) is 0. The van der Waals surface area contributed by atoms with Crippen LogP contribution in [0.5, 0.6) is 0 Å². The number of carboxylic acids is 1. The lowest BCUT2D eigenvalue weighted by Gasteiger charge is -2.33. The summed E-state index contributed by atoms with van der Waals surface area (Å²) in [6, 6.07) is 4.85. The number of likely N-dealkylation sites (tertiary alicyclic amines) is 1. The van der Waals surface area contributed by atoms with Crippen molar-refractivity contribution in [2.45, 2.75) is 50.7 Å². The second kappa shape index (κ2) is 6.05. The van der Waals surface area contributed by atoms with E-state index in [-0.39, 0.29) is 5.82 Å². The van der Waals surface area contributed by atoms with Crippen molar-refractivity contribution in [2.24, 2.45) is 5.92 Å². The van der Waals surface area contributed by atoms with Crippen molar-refractivity contribution < 1.29 is 14.3 Å².